The van der Waals surface area contributed by atoms with Crippen LogP contribution in [0.3, 0.4) is 0 Å². The first-order valence-corrected chi connectivity index (χ1v) is 3.45. The number of halogens is 1. The molecule has 0 saturated heterocycles. The van der Waals surface area contributed by atoms with Crippen molar-refractivity contribution in [2.75, 3.05) is 12.5 Å². The van der Waals surface area contributed by atoms with Crippen molar-refractivity contribution in [1.82, 2.24) is 10.9 Å². The van der Waals surface area contributed by atoms with E-state index in [-0.39, 0.29) is 18.4 Å². The van der Waals surface area contributed by atoms with Crippen LogP contribution in [0.2, 0.25) is 0 Å². The highest BCUT2D eigenvalue weighted by Crippen LogP contribution is 1.78. The molecule has 0 aromatic heterocycles. The van der Waals surface area contributed by atoms with Crippen LogP contribution in [0.15, 0.2) is 0 Å². The smallest absolute Gasteiger partial charge is 0.426 e. The van der Waals surface area contributed by atoms with E-state index in [4.69, 9.17) is 11.6 Å². The number of amides is 2. The number of hydrogen-bond donors (Lipinski definition) is 2. The summed E-state index contributed by atoms with van der Waals surface area (Å²) >= 11 is 5.22. The van der Waals surface area contributed by atoms with Gasteiger partial charge in [0.05, 0.1) is 5.88 Å². The molecule has 11 heavy (non-hydrogen) atoms. The summed E-state index contributed by atoms with van der Waals surface area (Å²) in [6, 6.07) is 0. The van der Waals surface area contributed by atoms with Crippen LogP contribution in [-0.4, -0.2) is 24.5 Å². The number of ether oxygens (including phenoxy) is 1. The zero-order chi connectivity index (χ0) is 8.69. The van der Waals surface area contributed by atoms with Gasteiger partial charge >= 0.3 is 6.09 Å². The highest BCUT2D eigenvalue weighted by molar-refractivity contribution is 6.18. The van der Waals surface area contributed by atoms with Crippen molar-refractivity contribution in [1.29, 1.82) is 0 Å². The van der Waals surface area contributed by atoms with E-state index in [0.717, 1.165) is 0 Å². The van der Waals surface area contributed by atoms with E-state index in [1.165, 1.54) is 6.92 Å². The molecule has 0 radical (unpaired) electrons. The molecule has 0 aromatic carbocycles. The minimum atomic E-state index is -0.721. The molecule has 2 amide bonds. The Morgan fingerprint density at radius 1 is 1.45 bits per heavy atom. The van der Waals surface area contributed by atoms with Crippen molar-refractivity contribution in [2.24, 2.45) is 0 Å². The van der Waals surface area contributed by atoms with Gasteiger partial charge in [0.1, 0.15) is 6.61 Å². The molecule has 0 aliphatic heterocycles. The van der Waals surface area contributed by atoms with Gasteiger partial charge in [-0.3, -0.25) is 10.2 Å². The predicted molar refractivity (Wildman–Crippen MR) is 39.0 cm³/mol. The summed E-state index contributed by atoms with van der Waals surface area (Å²) in [7, 11) is 0. The van der Waals surface area contributed by atoms with E-state index in [2.05, 4.69) is 4.74 Å². The summed E-state index contributed by atoms with van der Waals surface area (Å²) in [5.74, 6) is -0.138. The van der Waals surface area contributed by atoms with Gasteiger partial charge in [-0.25, -0.2) is 10.2 Å². The Bertz CT molecular complexity index is 151. The monoisotopic (exact) mass is 180 g/mol. The molecule has 64 valence electrons. The van der Waals surface area contributed by atoms with Gasteiger partial charge in [0, 0.05) is 6.92 Å². The first-order valence-electron chi connectivity index (χ1n) is 2.92. The number of hydrazine groups is 1. The maximum absolute atomic E-state index is 10.5. The van der Waals surface area contributed by atoms with Crippen LogP contribution in [0, 0.1) is 0 Å². The number of carbonyl (C=O) groups excluding carboxylic acids is 2. The van der Waals surface area contributed by atoms with Crippen LogP contribution >= 0.6 is 11.6 Å². The van der Waals surface area contributed by atoms with Crippen LogP contribution in [0.1, 0.15) is 6.92 Å². The molecule has 2 N–H and O–H groups in total. The molecule has 0 spiro atoms. The zero-order valence-electron chi connectivity index (χ0n) is 6.02. The number of alkyl halides is 1. The number of hydrogen-bond acceptors (Lipinski definition) is 3. The Balaban J connectivity index is 3.30. The topological polar surface area (TPSA) is 67.4 Å². The van der Waals surface area contributed by atoms with E-state index in [1.807, 2.05) is 10.9 Å². The van der Waals surface area contributed by atoms with Crippen LogP contribution < -0.4 is 10.9 Å². The lowest BCUT2D eigenvalue weighted by Gasteiger charge is -2.04. The summed E-state index contributed by atoms with van der Waals surface area (Å²) in [5, 5.41) is 0. The zero-order valence-corrected chi connectivity index (χ0v) is 6.77. The lowest BCUT2D eigenvalue weighted by molar-refractivity contribution is -0.119. The molecule has 0 aromatic rings. The summed E-state index contributed by atoms with van der Waals surface area (Å²) in [6.45, 7) is 1.38. The molecule has 0 unspecified atom stereocenters. The standard InChI is InChI=1S/C5H9ClN2O3/c1-4(9)7-8-5(10)11-3-2-6/h2-3H2,1H3,(H,7,9)(H,8,10). The minimum absolute atomic E-state index is 0.118. The fraction of sp³-hybridized carbons (Fsp3) is 0.600. The quantitative estimate of drug-likeness (QED) is 0.465. The van der Waals surface area contributed by atoms with E-state index in [0.29, 0.717) is 0 Å². The molecule has 0 fully saturated rings. The van der Waals surface area contributed by atoms with Crippen molar-refractivity contribution in [3.8, 4) is 0 Å². The number of carbonyl (C=O) groups is 2. The van der Waals surface area contributed by atoms with Crippen LogP contribution in [0.4, 0.5) is 4.79 Å². The fourth-order valence-electron chi connectivity index (χ4n) is 0.306. The third kappa shape index (κ3) is 6.92. The molecule has 0 saturated carbocycles. The Labute approximate surface area is 69.0 Å². The van der Waals surface area contributed by atoms with E-state index < -0.39 is 6.09 Å². The van der Waals surface area contributed by atoms with Gasteiger partial charge in [0.25, 0.3) is 0 Å². The van der Waals surface area contributed by atoms with Gasteiger partial charge < -0.3 is 4.74 Å². The van der Waals surface area contributed by atoms with Crippen molar-refractivity contribution < 1.29 is 14.3 Å². The van der Waals surface area contributed by atoms with Crippen molar-refractivity contribution >= 4 is 23.6 Å². The van der Waals surface area contributed by atoms with Gasteiger partial charge in [-0.1, -0.05) is 0 Å². The lowest BCUT2D eigenvalue weighted by atomic mass is 10.8. The second-order valence-electron chi connectivity index (χ2n) is 1.63. The summed E-state index contributed by atoms with van der Waals surface area (Å²) in [5.41, 5.74) is 4.05. The van der Waals surface area contributed by atoms with Gasteiger partial charge in [0.15, 0.2) is 0 Å². The Kier molecular flexibility index (Phi) is 5.28. The molecular weight excluding hydrogens is 172 g/mol. The summed E-state index contributed by atoms with van der Waals surface area (Å²) < 4.78 is 4.44. The van der Waals surface area contributed by atoms with Crippen molar-refractivity contribution in [2.45, 2.75) is 6.92 Å². The second-order valence-corrected chi connectivity index (χ2v) is 2.01. The largest absolute Gasteiger partial charge is 0.447 e. The maximum Gasteiger partial charge on any atom is 0.426 e. The van der Waals surface area contributed by atoms with Crippen LogP contribution in [0.25, 0.3) is 0 Å². The van der Waals surface area contributed by atoms with E-state index in [1.54, 1.807) is 0 Å². The Morgan fingerprint density at radius 3 is 2.55 bits per heavy atom. The number of nitrogens with one attached hydrogen (secondary N) is 2. The van der Waals surface area contributed by atoms with Gasteiger partial charge in [0.2, 0.25) is 5.91 Å². The SMILES string of the molecule is CC(=O)NNC(=O)OCCCl. The van der Waals surface area contributed by atoms with E-state index >= 15 is 0 Å². The molecule has 0 heterocycles. The molecule has 0 aliphatic carbocycles. The third-order valence-corrected chi connectivity index (χ3v) is 0.805. The third-order valence-electron chi connectivity index (χ3n) is 0.651. The summed E-state index contributed by atoms with van der Waals surface area (Å²) in [6.07, 6.45) is -0.721. The average Bonchev–Trinajstić information content (AvgIpc) is 1.97. The molecule has 5 nitrogen and oxygen atoms in total. The first kappa shape index (κ1) is 10.0. The van der Waals surface area contributed by atoms with Gasteiger partial charge in [-0.15, -0.1) is 11.6 Å². The predicted octanol–water partition coefficient (Wildman–Crippen LogP) is 0.00250. The van der Waals surface area contributed by atoms with Crippen LogP contribution in [0.5, 0.6) is 0 Å². The first-order chi connectivity index (χ1) is 5.16. The van der Waals surface area contributed by atoms with E-state index in [9.17, 15) is 9.59 Å². The highest BCUT2D eigenvalue weighted by Gasteiger charge is 1.99. The van der Waals surface area contributed by atoms with Crippen molar-refractivity contribution in [3.05, 3.63) is 0 Å². The minimum Gasteiger partial charge on any atom is -0.447 e. The Morgan fingerprint density at radius 2 is 2.09 bits per heavy atom. The summed E-state index contributed by atoms with van der Waals surface area (Å²) in [4.78, 5) is 20.7. The van der Waals surface area contributed by atoms with Gasteiger partial charge in [-0.05, 0) is 0 Å². The molecule has 0 aliphatic rings. The molecule has 0 atom stereocenters. The van der Waals surface area contributed by atoms with Gasteiger partial charge in [-0.2, -0.15) is 0 Å². The molecule has 0 bridgehead atoms. The lowest BCUT2D eigenvalue weighted by Crippen LogP contribution is -2.40. The normalized spacial score (nSPS) is 8.55. The molecule has 6 heteroatoms. The second kappa shape index (κ2) is 5.79. The molecule has 0 rings (SSSR count). The fourth-order valence-corrected chi connectivity index (χ4v) is 0.384. The average molecular weight is 181 g/mol. The highest BCUT2D eigenvalue weighted by atomic mass is 35.5. The van der Waals surface area contributed by atoms with Crippen LogP contribution in [-0.2, 0) is 9.53 Å². The van der Waals surface area contributed by atoms with Crippen molar-refractivity contribution in [3.63, 3.8) is 0 Å². The maximum atomic E-state index is 10.5. The number of rotatable bonds is 2. The Hall–Kier alpha value is -0.970. The molecular formula is C5H9ClN2O3.